The van der Waals surface area contributed by atoms with Crippen LogP contribution in [-0.4, -0.2) is 17.0 Å². The maximum atomic E-state index is 13.7. The highest BCUT2D eigenvalue weighted by molar-refractivity contribution is 7.99. The molecule has 2 rings (SSSR count). The van der Waals surface area contributed by atoms with E-state index in [2.05, 4.69) is 18.8 Å². The first-order valence-corrected chi connectivity index (χ1v) is 8.73. The lowest BCUT2D eigenvalue weighted by atomic mass is 9.91. The van der Waals surface area contributed by atoms with Gasteiger partial charge in [0.05, 0.1) is 12.2 Å². The van der Waals surface area contributed by atoms with E-state index in [0.717, 1.165) is 22.5 Å². The van der Waals surface area contributed by atoms with E-state index in [1.165, 1.54) is 31.7 Å². The highest BCUT2D eigenvalue weighted by Crippen LogP contribution is 2.33. The summed E-state index contributed by atoms with van der Waals surface area (Å²) in [4.78, 5) is 0. The Morgan fingerprint density at radius 1 is 1.38 bits per heavy atom. The Hall–Kier alpha value is -0.980. The maximum absolute atomic E-state index is 13.7. The number of halogens is 1. The van der Waals surface area contributed by atoms with Crippen LogP contribution in [0.5, 0.6) is 0 Å². The van der Waals surface area contributed by atoms with E-state index in [9.17, 15) is 4.39 Å². The molecule has 1 N–H and O–H groups in total. The normalized spacial score (nSPS) is 21.7. The van der Waals surface area contributed by atoms with Crippen LogP contribution in [-0.2, 0) is 5.75 Å². The smallest absolute Gasteiger partial charge is 0.138 e. The van der Waals surface area contributed by atoms with Gasteiger partial charge in [0.25, 0.3) is 0 Å². The van der Waals surface area contributed by atoms with Crippen molar-refractivity contribution < 1.29 is 9.50 Å². The second kappa shape index (κ2) is 8.46. The summed E-state index contributed by atoms with van der Waals surface area (Å²) >= 11 is 1.99. The second-order valence-corrected chi connectivity index (χ2v) is 7.08. The van der Waals surface area contributed by atoms with Crippen molar-refractivity contribution in [3.05, 3.63) is 35.1 Å². The predicted molar refractivity (Wildman–Crippen MR) is 87.7 cm³/mol. The second-order valence-electron chi connectivity index (χ2n) is 5.79. The van der Waals surface area contributed by atoms with Gasteiger partial charge in [-0.1, -0.05) is 37.7 Å². The number of aliphatic hydroxyl groups is 1. The van der Waals surface area contributed by atoms with Crippen LogP contribution in [0, 0.1) is 23.6 Å². The molecule has 0 spiro atoms. The van der Waals surface area contributed by atoms with Crippen LogP contribution >= 0.6 is 11.8 Å². The third kappa shape index (κ3) is 5.37. The van der Waals surface area contributed by atoms with Crippen molar-refractivity contribution in [3.63, 3.8) is 0 Å². The maximum Gasteiger partial charge on any atom is 0.138 e. The Bertz CT molecular complexity index is 518. The molecule has 2 atom stereocenters. The van der Waals surface area contributed by atoms with Gasteiger partial charge < -0.3 is 5.11 Å². The topological polar surface area (TPSA) is 20.2 Å². The number of rotatable bonds is 4. The van der Waals surface area contributed by atoms with E-state index in [1.807, 2.05) is 23.9 Å². The van der Waals surface area contributed by atoms with Crippen LogP contribution in [0.25, 0.3) is 0 Å². The molecule has 0 aromatic heterocycles. The molecule has 0 amide bonds. The van der Waals surface area contributed by atoms with E-state index < -0.39 is 0 Å². The van der Waals surface area contributed by atoms with Crippen LogP contribution in [0.2, 0.25) is 0 Å². The summed E-state index contributed by atoms with van der Waals surface area (Å²) in [5.74, 6) is 7.07. The van der Waals surface area contributed by atoms with Crippen LogP contribution in [0.1, 0.15) is 50.2 Å². The molecule has 21 heavy (non-hydrogen) atoms. The van der Waals surface area contributed by atoms with Gasteiger partial charge in [-0.2, -0.15) is 11.8 Å². The van der Waals surface area contributed by atoms with E-state index >= 15 is 0 Å². The van der Waals surface area contributed by atoms with Crippen molar-refractivity contribution in [3.8, 4) is 11.8 Å². The lowest BCUT2D eigenvalue weighted by Gasteiger charge is -2.26. The molecule has 1 aliphatic rings. The summed E-state index contributed by atoms with van der Waals surface area (Å²) < 4.78 is 13.7. The van der Waals surface area contributed by atoms with Gasteiger partial charge in [-0.15, -0.1) is 0 Å². The minimum absolute atomic E-state index is 0.0179. The minimum Gasteiger partial charge on any atom is -0.395 e. The zero-order valence-electron chi connectivity index (χ0n) is 12.6. The van der Waals surface area contributed by atoms with Crippen LogP contribution in [0.4, 0.5) is 4.39 Å². The SMILES string of the molecule is CC1CCCC(SCc2ccc(F)c(C#CCCO)c2)C1. The molecule has 1 fully saturated rings. The molecular weight excluding hydrogens is 283 g/mol. The molecule has 0 bridgehead atoms. The monoisotopic (exact) mass is 306 g/mol. The van der Waals surface area contributed by atoms with Crippen LogP contribution in [0.3, 0.4) is 0 Å². The van der Waals surface area contributed by atoms with Gasteiger partial charge in [0.1, 0.15) is 5.82 Å². The van der Waals surface area contributed by atoms with Crippen LogP contribution in [0.15, 0.2) is 18.2 Å². The molecule has 1 nitrogen and oxygen atoms in total. The molecular formula is C18H23FOS. The number of hydrogen-bond donors (Lipinski definition) is 1. The summed E-state index contributed by atoms with van der Waals surface area (Å²) in [6.07, 6.45) is 5.69. The average molecular weight is 306 g/mol. The fourth-order valence-electron chi connectivity index (χ4n) is 2.72. The van der Waals surface area contributed by atoms with Gasteiger partial charge in [-0.25, -0.2) is 4.39 Å². The van der Waals surface area contributed by atoms with E-state index in [-0.39, 0.29) is 12.4 Å². The molecule has 2 unspecified atom stereocenters. The van der Waals surface area contributed by atoms with Gasteiger partial charge in [0.2, 0.25) is 0 Å². The van der Waals surface area contributed by atoms with Gasteiger partial charge in [-0.05, 0) is 36.5 Å². The molecule has 1 saturated carbocycles. The molecule has 1 aromatic rings. The molecule has 1 aromatic carbocycles. The Morgan fingerprint density at radius 2 is 2.24 bits per heavy atom. The summed E-state index contributed by atoms with van der Waals surface area (Å²) in [5.41, 5.74) is 1.58. The first-order valence-electron chi connectivity index (χ1n) is 7.69. The Kier molecular flexibility index (Phi) is 6.60. The fourth-order valence-corrected chi connectivity index (χ4v) is 4.12. The van der Waals surface area contributed by atoms with Gasteiger partial charge >= 0.3 is 0 Å². The zero-order chi connectivity index (χ0) is 15.1. The molecule has 0 heterocycles. The Morgan fingerprint density at radius 3 is 3.00 bits per heavy atom. The van der Waals surface area contributed by atoms with Gasteiger partial charge in [0, 0.05) is 17.4 Å². The van der Waals surface area contributed by atoms with Gasteiger partial charge in [0.15, 0.2) is 0 Å². The first-order chi connectivity index (χ1) is 10.2. The molecule has 114 valence electrons. The summed E-state index contributed by atoms with van der Waals surface area (Å²) in [7, 11) is 0. The summed E-state index contributed by atoms with van der Waals surface area (Å²) in [6.45, 7) is 2.35. The summed E-state index contributed by atoms with van der Waals surface area (Å²) in [5, 5.41) is 9.46. The number of hydrogen-bond acceptors (Lipinski definition) is 2. The van der Waals surface area contributed by atoms with Crippen molar-refractivity contribution >= 4 is 11.8 Å². The molecule has 0 saturated heterocycles. The van der Waals surface area contributed by atoms with Crippen molar-refractivity contribution in [2.75, 3.05) is 6.61 Å². The molecule has 0 radical (unpaired) electrons. The van der Waals surface area contributed by atoms with Crippen molar-refractivity contribution in [2.24, 2.45) is 5.92 Å². The molecule has 0 aliphatic heterocycles. The van der Waals surface area contributed by atoms with Crippen molar-refractivity contribution in [1.82, 2.24) is 0 Å². The van der Waals surface area contributed by atoms with Gasteiger partial charge in [-0.3, -0.25) is 0 Å². The highest BCUT2D eigenvalue weighted by Gasteiger charge is 2.19. The van der Waals surface area contributed by atoms with Crippen LogP contribution < -0.4 is 0 Å². The summed E-state index contributed by atoms with van der Waals surface area (Å²) in [6, 6.07) is 5.20. The predicted octanol–water partition coefficient (Wildman–Crippen LogP) is 4.37. The lowest BCUT2D eigenvalue weighted by molar-refractivity contribution is 0.305. The Balaban J connectivity index is 1.94. The highest BCUT2D eigenvalue weighted by atomic mass is 32.2. The van der Waals surface area contributed by atoms with E-state index in [0.29, 0.717) is 12.0 Å². The van der Waals surface area contributed by atoms with Crippen molar-refractivity contribution in [2.45, 2.75) is 50.0 Å². The average Bonchev–Trinajstić information content (AvgIpc) is 2.48. The van der Waals surface area contributed by atoms with Crippen molar-refractivity contribution in [1.29, 1.82) is 0 Å². The quantitative estimate of drug-likeness (QED) is 0.834. The third-order valence-electron chi connectivity index (χ3n) is 3.86. The van der Waals surface area contributed by atoms with E-state index in [1.54, 1.807) is 0 Å². The number of thioether (sulfide) groups is 1. The third-order valence-corrected chi connectivity index (χ3v) is 5.26. The largest absolute Gasteiger partial charge is 0.395 e. The number of aliphatic hydroxyl groups excluding tert-OH is 1. The fraction of sp³-hybridized carbons (Fsp3) is 0.556. The standard InChI is InChI=1S/C18H23FOS/c1-14-5-4-7-17(11-14)21-13-15-8-9-18(19)16(12-15)6-2-3-10-20/h8-9,12,14,17,20H,3-5,7,10-11,13H2,1H3. The molecule has 1 aliphatic carbocycles. The first kappa shape index (κ1) is 16.4. The minimum atomic E-state index is -0.277. The lowest BCUT2D eigenvalue weighted by Crippen LogP contribution is -2.15. The van der Waals surface area contributed by atoms with E-state index in [4.69, 9.17) is 5.11 Å². The number of benzene rings is 1. The molecule has 3 heteroatoms. The zero-order valence-corrected chi connectivity index (χ0v) is 13.4. The Labute approximate surface area is 131 Å².